The molecule has 2 aromatic rings. The molecular formula is C18H19F2N3O2. The zero-order valence-electron chi connectivity index (χ0n) is 13.8. The molecule has 25 heavy (non-hydrogen) atoms. The van der Waals surface area contributed by atoms with Crippen molar-refractivity contribution in [3.8, 4) is 16.9 Å². The first kappa shape index (κ1) is 17.3. The minimum Gasteiger partial charge on any atom is -0.496 e. The number of aromatic nitrogens is 1. The summed E-state index contributed by atoms with van der Waals surface area (Å²) in [7, 11) is 1.38. The van der Waals surface area contributed by atoms with Crippen molar-refractivity contribution in [2.75, 3.05) is 12.4 Å². The molecule has 1 saturated carbocycles. The van der Waals surface area contributed by atoms with Crippen molar-refractivity contribution in [1.29, 1.82) is 0 Å². The fourth-order valence-electron chi connectivity index (χ4n) is 3.08. The lowest BCUT2D eigenvalue weighted by Gasteiger charge is -2.13. The Morgan fingerprint density at radius 1 is 1.28 bits per heavy atom. The lowest BCUT2D eigenvalue weighted by molar-refractivity contribution is -0.119. The second-order valence-corrected chi connectivity index (χ2v) is 6.15. The molecule has 1 aliphatic rings. The SMILES string of the molecule is COc1cc(F)ccc1-c1cc(NC(=O)[C@H]2CC[C@@H](N)C2)ncc1F. The molecule has 0 radical (unpaired) electrons. The van der Waals surface area contributed by atoms with Gasteiger partial charge in [-0.05, 0) is 37.5 Å². The first-order valence-corrected chi connectivity index (χ1v) is 8.04. The van der Waals surface area contributed by atoms with E-state index < -0.39 is 11.6 Å². The van der Waals surface area contributed by atoms with Crippen LogP contribution in [0.5, 0.6) is 5.75 Å². The topological polar surface area (TPSA) is 77.2 Å². The van der Waals surface area contributed by atoms with Gasteiger partial charge in [-0.15, -0.1) is 0 Å². The van der Waals surface area contributed by atoms with E-state index in [4.69, 9.17) is 10.5 Å². The van der Waals surface area contributed by atoms with Crippen molar-refractivity contribution in [3.63, 3.8) is 0 Å². The molecule has 1 fully saturated rings. The Morgan fingerprint density at radius 2 is 2.08 bits per heavy atom. The molecule has 1 aromatic carbocycles. The molecule has 1 aromatic heterocycles. The Balaban J connectivity index is 1.87. The van der Waals surface area contributed by atoms with E-state index in [0.29, 0.717) is 12.0 Å². The quantitative estimate of drug-likeness (QED) is 0.891. The van der Waals surface area contributed by atoms with Crippen LogP contribution in [0.1, 0.15) is 19.3 Å². The second kappa shape index (κ2) is 7.14. The summed E-state index contributed by atoms with van der Waals surface area (Å²) in [6.07, 6.45) is 3.19. The maximum absolute atomic E-state index is 14.2. The fourth-order valence-corrected chi connectivity index (χ4v) is 3.08. The van der Waals surface area contributed by atoms with Gasteiger partial charge in [0, 0.05) is 29.2 Å². The Hall–Kier alpha value is -2.54. The van der Waals surface area contributed by atoms with Crippen molar-refractivity contribution in [2.45, 2.75) is 25.3 Å². The zero-order valence-corrected chi connectivity index (χ0v) is 13.8. The van der Waals surface area contributed by atoms with Gasteiger partial charge in [0.05, 0.1) is 13.3 Å². The van der Waals surface area contributed by atoms with Crippen LogP contribution in [0.4, 0.5) is 14.6 Å². The number of nitrogens with two attached hydrogens (primary N) is 1. The molecule has 5 nitrogen and oxygen atoms in total. The normalized spacial score (nSPS) is 19.7. The molecule has 132 valence electrons. The molecule has 0 saturated heterocycles. The predicted molar refractivity (Wildman–Crippen MR) is 90.1 cm³/mol. The van der Waals surface area contributed by atoms with Crippen molar-refractivity contribution < 1.29 is 18.3 Å². The monoisotopic (exact) mass is 347 g/mol. The minimum absolute atomic E-state index is 0.0379. The molecule has 1 aliphatic carbocycles. The van der Waals surface area contributed by atoms with Crippen LogP contribution < -0.4 is 15.8 Å². The van der Waals surface area contributed by atoms with Crippen LogP contribution in [-0.2, 0) is 4.79 Å². The van der Waals surface area contributed by atoms with E-state index in [0.717, 1.165) is 19.0 Å². The summed E-state index contributed by atoms with van der Waals surface area (Å²) in [5.74, 6) is -0.987. The summed E-state index contributed by atoms with van der Waals surface area (Å²) < 4.78 is 32.7. The van der Waals surface area contributed by atoms with Gasteiger partial charge in [0.2, 0.25) is 5.91 Å². The molecule has 0 unspecified atom stereocenters. The number of hydrogen-bond acceptors (Lipinski definition) is 4. The van der Waals surface area contributed by atoms with Gasteiger partial charge in [0.1, 0.15) is 23.2 Å². The van der Waals surface area contributed by atoms with E-state index in [1.807, 2.05) is 0 Å². The number of pyridine rings is 1. The van der Waals surface area contributed by atoms with E-state index in [9.17, 15) is 13.6 Å². The summed E-state index contributed by atoms with van der Waals surface area (Å²) in [6.45, 7) is 0. The van der Waals surface area contributed by atoms with Gasteiger partial charge >= 0.3 is 0 Å². The highest BCUT2D eigenvalue weighted by Crippen LogP contribution is 2.33. The maximum atomic E-state index is 14.2. The number of ether oxygens (including phenoxy) is 1. The minimum atomic E-state index is -0.592. The molecule has 3 N–H and O–H groups in total. The number of carbonyl (C=O) groups is 1. The average molecular weight is 347 g/mol. The van der Waals surface area contributed by atoms with Crippen molar-refractivity contribution in [2.24, 2.45) is 11.7 Å². The number of nitrogens with zero attached hydrogens (tertiary/aromatic N) is 1. The Labute approximate surface area is 144 Å². The predicted octanol–water partition coefficient (Wildman–Crippen LogP) is 3.10. The second-order valence-electron chi connectivity index (χ2n) is 6.15. The first-order chi connectivity index (χ1) is 12.0. The summed E-state index contributed by atoms with van der Waals surface area (Å²) in [6, 6.07) is 5.27. The molecule has 1 heterocycles. The van der Waals surface area contributed by atoms with Crippen LogP contribution in [0.15, 0.2) is 30.5 Å². The molecule has 0 spiro atoms. The average Bonchev–Trinajstić information content (AvgIpc) is 3.03. The number of halogens is 2. The highest BCUT2D eigenvalue weighted by molar-refractivity contribution is 5.92. The highest BCUT2D eigenvalue weighted by Gasteiger charge is 2.28. The number of hydrogen-bond donors (Lipinski definition) is 2. The van der Waals surface area contributed by atoms with Crippen LogP contribution >= 0.6 is 0 Å². The van der Waals surface area contributed by atoms with Crippen molar-refractivity contribution in [3.05, 3.63) is 42.1 Å². The Morgan fingerprint density at radius 3 is 2.76 bits per heavy atom. The molecule has 1 amide bonds. The largest absolute Gasteiger partial charge is 0.496 e. The van der Waals surface area contributed by atoms with Crippen molar-refractivity contribution >= 4 is 11.7 Å². The van der Waals surface area contributed by atoms with Crippen LogP contribution in [0.3, 0.4) is 0 Å². The molecular weight excluding hydrogens is 328 g/mol. The summed E-state index contributed by atoms with van der Waals surface area (Å²) in [4.78, 5) is 16.2. The third kappa shape index (κ3) is 3.76. The summed E-state index contributed by atoms with van der Waals surface area (Å²) in [5.41, 5.74) is 6.38. The van der Waals surface area contributed by atoms with Gasteiger partial charge in [-0.1, -0.05) is 0 Å². The third-order valence-electron chi connectivity index (χ3n) is 4.40. The van der Waals surface area contributed by atoms with Crippen LogP contribution in [-0.4, -0.2) is 24.0 Å². The van der Waals surface area contributed by atoms with Gasteiger partial charge in [0.15, 0.2) is 0 Å². The highest BCUT2D eigenvalue weighted by atomic mass is 19.1. The van der Waals surface area contributed by atoms with Gasteiger partial charge in [-0.3, -0.25) is 4.79 Å². The fraction of sp³-hybridized carbons (Fsp3) is 0.333. The summed E-state index contributed by atoms with van der Waals surface area (Å²) >= 11 is 0. The maximum Gasteiger partial charge on any atom is 0.228 e. The van der Waals surface area contributed by atoms with E-state index in [-0.39, 0.29) is 35.0 Å². The number of benzene rings is 1. The van der Waals surface area contributed by atoms with E-state index in [1.165, 1.54) is 31.4 Å². The third-order valence-corrected chi connectivity index (χ3v) is 4.40. The van der Waals surface area contributed by atoms with Crippen LogP contribution in [0, 0.1) is 17.6 Å². The summed E-state index contributed by atoms with van der Waals surface area (Å²) in [5, 5.41) is 2.70. The number of amides is 1. The lowest BCUT2D eigenvalue weighted by Crippen LogP contribution is -2.23. The van der Waals surface area contributed by atoms with Crippen LogP contribution in [0.25, 0.3) is 11.1 Å². The Bertz CT molecular complexity index is 798. The zero-order chi connectivity index (χ0) is 18.0. The van der Waals surface area contributed by atoms with Crippen LogP contribution in [0.2, 0.25) is 0 Å². The van der Waals surface area contributed by atoms with Gasteiger partial charge in [0.25, 0.3) is 0 Å². The molecule has 2 atom stereocenters. The first-order valence-electron chi connectivity index (χ1n) is 8.04. The van der Waals surface area contributed by atoms with Gasteiger partial charge < -0.3 is 15.8 Å². The van der Waals surface area contributed by atoms with E-state index in [2.05, 4.69) is 10.3 Å². The smallest absolute Gasteiger partial charge is 0.228 e. The molecule has 0 aliphatic heterocycles. The van der Waals surface area contributed by atoms with Gasteiger partial charge in [-0.2, -0.15) is 0 Å². The molecule has 7 heteroatoms. The number of nitrogens with one attached hydrogen (secondary N) is 1. The van der Waals surface area contributed by atoms with E-state index >= 15 is 0 Å². The molecule has 3 rings (SSSR count). The molecule has 0 bridgehead atoms. The number of anilines is 1. The number of carbonyl (C=O) groups excluding carboxylic acids is 1. The number of methoxy groups -OCH3 is 1. The lowest BCUT2D eigenvalue weighted by atomic mass is 10.0. The number of rotatable bonds is 4. The van der Waals surface area contributed by atoms with Gasteiger partial charge in [-0.25, -0.2) is 13.8 Å². The van der Waals surface area contributed by atoms with E-state index in [1.54, 1.807) is 0 Å². The standard InChI is InChI=1S/C18H19F2N3O2/c1-25-16-7-11(19)3-5-13(16)14-8-17(22-9-15(14)20)23-18(24)10-2-4-12(21)6-10/h3,5,7-10,12H,2,4,6,21H2,1H3,(H,22,23,24)/t10-,12+/m0/s1. The van der Waals surface area contributed by atoms with Crippen molar-refractivity contribution in [1.82, 2.24) is 4.98 Å². The Kier molecular flexibility index (Phi) is 4.94.